The molecule has 5 N–H and O–H groups in total. The van der Waals surface area contributed by atoms with Crippen molar-refractivity contribution in [2.24, 2.45) is 11.8 Å². The quantitative estimate of drug-likeness (QED) is 0.393. The molecule has 0 amide bonds. The average molecular weight is 457 g/mol. The van der Waals surface area contributed by atoms with Crippen LogP contribution in [0.15, 0.2) is 11.1 Å². The maximum absolute atomic E-state index is 12.7. The third-order valence-electron chi connectivity index (χ3n) is 5.60. The van der Waals surface area contributed by atoms with Gasteiger partial charge in [-0.15, -0.1) is 0 Å². The highest BCUT2D eigenvalue weighted by Gasteiger charge is 2.46. The number of aliphatic hydroxyl groups excluding tert-OH is 1. The number of imidazole rings is 1. The molecule has 31 heavy (non-hydrogen) atoms. The number of carbonyl (C=O) groups excluding carboxylic acids is 1. The standard InChI is InChI=1S/C18H28N5O7P/c1-4-9(5-2)11(24)6-10-12(7-29-31(3,27)28)30-17(14(10)25)23-8-20-13-15(23)21-18(19)22-16(13)26/h8-10,12,14,17,25H,4-7H2,1-3H3,(H,27,28)(H3,19,21,22,26)/t10-,12-,14-,17-/m1/s1. The molecular weight excluding hydrogens is 429 g/mol. The molecule has 12 nitrogen and oxygen atoms in total. The number of aliphatic hydroxyl groups is 1. The number of ether oxygens (including phenoxy) is 1. The van der Waals surface area contributed by atoms with Crippen LogP contribution in [0.25, 0.3) is 11.2 Å². The maximum atomic E-state index is 12.7. The van der Waals surface area contributed by atoms with Gasteiger partial charge < -0.3 is 25.0 Å². The second kappa shape index (κ2) is 9.17. The zero-order valence-electron chi connectivity index (χ0n) is 17.6. The zero-order valence-corrected chi connectivity index (χ0v) is 18.5. The maximum Gasteiger partial charge on any atom is 0.325 e. The molecule has 2 aromatic rings. The summed E-state index contributed by atoms with van der Waals surface area (Å²) >= 11 is 0. The summed E-state index contributed by atoms with van der Waals surface area (Å²) in [4.78, 5) is 44.7. The molecule has 3 heterocycles. The van der Waals surface area contributed by atoms with Crippen molar-refractivity contribution in [1.82, 2.24) is 19.5 Å². The van der Waals surface area contributed by atoms with Crippen molar-refractivity contribution in [3.8, 4) is 0 Å². The molecule has 0 bridgehead atoms. The molecule has 2 aromatic heterocycles. The molecule has 0 saturated carbocycles. The fraction of sp³-hybridized carbons (Fsp3) is 0.667. The summed E-state index contributed by atoms with van der Waals surface area (Å²) in [5.41, 5.74) is 5.22. The first kappa shape index (κ1) is 23.6. The first-order valence-corrected chi connectivity index (χ1v) is 12.1. The number of nitrogens with one attached hydrogen (secondary N) is 1. The van der Waals surface area contributed by atoms with Crippen molar-refractivity contribution in [2.45, 2.75) is 51.5 Å². The van der Waals surface area contributed by atoms with Gasteiger partial charge in [-0.1, -0.05) is 13.8 Å². The molecule has 5 atom stereocenters. The lowest BCUT2D eigenvalue weighted by molar-refractivity contribution is -0.125. The third-order valence-corrected chi connectivity index (χ3v) is 6.23. The Hall–Kier alpha value is -2.11. The van der Waals surface area contributed by atoms with Crippen LogP contribution in [-0.2, 0) is 18.6 Å². The highest BCUT2D eigenvalue weighted by Crippen LogP contribution is 2.42. The first-order valence-electron chi connectivity index (χ1n) is 10.1. The number of rotatable bonds is 9. The molecule has 1 unspecified atom stereocenters. The number of Topliss-reactive ketones (excluding diaryl/α,β-unsaturated/α-hetero) is 1. The van der Waals surface area contributed by atoms with Gasteiger partial charge in [0.25, 0.3) is 5.56 Å². The van der Waals surface area contributed by atoms with E-state index in [1.807, 2.05) is 13.8 Å². The van der Waals surface area contributed by atoms with Gasteiger partial charge in [0.2, 0.25) is 5.95 Å². The molecule has 0 aliphatic carbocycles. The number of nitrogens with zero attached hydrogens (tertiary/aromatic N) is 3. The number of carbonyl (C=O) groups is 1. The van der Waals surface area contributed by atoms with E-state index in [1.54, 1.807) is 0 Å². The van der Waals surface area contributed by atoms with E-state index >= 15 is 0 Å². The van der Waals surface area contributed by atoms with Gasteiger partial charge in [0, 0.05) is 24.9 Å². The fourth-order valence-corrected chi connectivity index (χ4v) is 4.34. The van der Waals surface area contributed by atoms with Crippen LogP contribution in [0, 0.1) is 11.8 Å². The minimum absolute atomic E-state index is 0.0142. The second-order valence-corrected chi connectivity index (χ2v) is 9.64. The van der Waals surface area contributed by atoms with Crippen molar-refractivity contribution in [2.75, 3.05) is 19.0 Å². The van der Waals surface area contributed by atoms with E-state index in [9.17, 15) is 24.2 Å². The zero-order chi connectivity index (χ0) is 22.9. The number of ketones is 1. The number of hydrogen-bond acceptors (Lipinski definition) is 9. The Kier molecular flexibility index (Phi) is 6.97. The Labute approximate surface area is 178 Å². The van der Waals surface area contributed by atoms with Gasteiger partial charge in [-0.2, -0.15) is 4.98 Å². The van der Waals surface area contributed by atoms with E-state index < -0.39 is 37.5 Å². The molecule has 1 saturated heterocycles. The van der Waals surface area contributed by atoms with Crippen molar-refractivity contribution < 1.29 is 28.6 Å². The van der Waals surface area contributed by atoms with Gasteiger partial charge in [0.1, 0.15) is 11.9 Å². The van der Waals surface area contributed by atoms with Crippen molar-refractivity contribution in [3.63, 3.8) is 0 Å². The van der Waals surface area contributed by atoms with E-state index in [-0.39, 0.29) is 41.8 Å². The van der Waals surface area contributed by atoms with Crippen LogP contribution < -0.4 is 11.3 Å². The van der Waals surface area contributed by atoms with Gasteiger partial charge in [0.05, 0.1) is 19.0 Å². The van der Waals surface area contributed by atoms with Crippen LogP contribution in [0.2, 0.25) is 0 Å². The Morgan fingerprint density at radius 3 is 2.74 bits per heavy atom. The predicted octanol–water partition coefficient (Wildman–Crippen LogP) is 0.804. The van der Waals surface area contributed by atoms with Crippen molar-refractivity contribution >= 4 is 30.5 Å². The first-order chi connectivity index (χ1) is 14.6. The molecule has 1 fully saturated rings. The predicted molar refractivity (Wildman–Crippen MR) is 111 cm³/mol. The van der Waals surface area contributed by atoms with Crippen molar-refractivity contribution in [3.05, 3.63) is 16.7 Å². The minimum atomic E-state index is -3.80. The lowest BCUT2D eigenvalue weighted by Crippen LogP contribution is -2.32. The second-order valence-electron chi connectivity index (χ2n) is 7.78. The molecule has 3 rings (SSSR count). The van der Waals surface area contributed by atoms with E-state index in [4.69, 9.17) is 15.0 Å². The fourth-order valence-electron chi connectivity index (χ4n) is 3.92. The van der Waals surface area contributed by atoms with Crippen LogP contribution >= 0.6 is 7.60 Å². The summed E-state index contributed by atoms with van der Waals surface area (Å²) in [5, 5.41) is 11.0. The van der Waals surface area contributed by atoms with E-state index in [0.29, 0.717) is 12.8 Å². The minimum Gasteiger partial charge on any atom is -0.388 e. The Balaban J connectivity index is 1.93. The van der Waals surface area contributed by atoms with Gasteiger partial charge in [-0.3, -0.25) is 23.7 Å². The van der Waals surface area contributed by atoms with E-state index in [2.05, 4.69) is 15.0 Å². The topological polar surface area (TPSA) is 183 Å². The normalized spacial score (nSPS) is 25.9. The summed E-state index contributed by atoms with van der Waals surface area (Å²) in [7, 11) is -3.80. The van der Waals surface area contributed by atoms with Crippen LogP contribution in [0.5, 0.6) is 0 Å². The van der Waals surface area contributed by atoms with Crippen LogP contribution in [-0.4, -0.2) is 60.8 Å². The van der Waals surface area contributed by atoms with Gasteiger partial charge in [-0.05, 0) is 12.8 Å². The number of anilines is 1. The number of nitrogen functional groups attached to an aromatic ring is 1. The smallest absolute Gasteiger partial charge is 0.325 e. The molecule has 13 heteroatoms. The number of fused-ring (bicyclic) bond motifs is 1. The highest BCUT2D eigenvalue weighted by atomic mass is 31.2. The molecule has 1 aliphatic rings. The summed E-state index contributed by atoms with van der Waals surface area (Å²) in [6.07, 6.45) is -0.412. The number of H-pyrrole nitrogens is 1. The Morgan fingerprint density at radius 2 is 2.13 bits per heavy atom. The number of aromatic nitrogens is 4. The summed E-state index contributed by atoms with van der Waals surface area (Å²) in [6.45, 7) is 4.59. The lowest BCUT2D eigenvalue weighted by atomic mass is 9.86. The molecule has 172 valence electrons. The monoisotopic (exact) mass is 457 g/mol. The summed E-state index contributed by atoms with van der Waals surface area (Å²) in [6, 6.07) is 0. The SMILES string of the molecule is CCC(CC)C(=O)C[C@H]1[C@@H](O)[C@H](n2cnc3c(=O)[nH]c(N)nc32)O[C@@H]1COP(C)(=O)O. The number of hydrogen-bond donors (Lipinski definition) is 4. The van der Waals surface area contributed by atoms with E-state index in [0.717, 1.165) is 6.66 Å². The summed E-state index contributed by atoms with van der Waals surface area (Å²) in [5.74, 6) is -1.00. The van der Waals surface area contributed by atoms with Gasteiger partial charge in [-0.25, -0.2) is 4.98 Å². The third kappa shape index (κ3) is 5.04. The van der Waals surface area contributed by atoms with Crippen molar-refractivity contribution in [1.29, 1.82) is 0 Å². The largest absolute Gasteiger partial charge is 0.388 e. The van der Waals surface area contributed by atoms with Crippen LogP contribution in [0.3, 0.4) is 0 Å². The molecule has 0 spiro atoms. The summed E-state index contributed by atoms with van der Waals surface area (Å²) < 4.78 is 23.9. The van der Waals surface area contributed by atoms with Gasteiger partial charge >= 0.3 is 7.60 Å². The van der Waals surface area contributed by atoms with Crippen LogP contribution in [0.1, 0.15) is 39.3 Å². The molecule has 1 aliphatic heterocycles. The highest BCUT2D eigenvalue weighted by molar-refractivity contribution is 7.51. The van der Waals surface area contributed by atoms with E-state index in [1.165, 1.54) is 10.9 Å². The average Bonchev–Trinajstić information content (AvgIpc) is 3.22. The Morgan fingerprint density at radius 1 is 1.45 bits per heavy atom. The Bertz CT molecular complexity index is 1040. The number of aromatic amines is 1. The van der Waals surface area contributed by atoms with Gasteiger partial charge in [0.15, 0.2) is 17.4 Å². The molecule has 0 radical (unpaired) electrons. The molecular formula is C18H28N5O7P. The lowest BCUT2D eigenvalue weighted by Gasteiger charge is -2.22. The number of nitrogens with two attached hydrogens (primary N) is 1. The van der Waals surface area contributed by atoms with Crippen LogP contribution in [0.4, 0.5) is 5.95 Å². The molecule has 0 aromatic carbocycles.